The molecule has 0 heterocycles. The minimum atomic E-state index is -0.638. The SMILES string of the molecule is CCC(CC)(Cc1ccc(CC(C)C)cc1)OC(=O)CC(=O)OC(CC)(CC)Cc1ccc(CC(C)C)cc1. The van der Waals surface area contributed by atoms with E-state index in [0.717, 1.165) is 24.0 Å². The van der Waals surface area contributed by atoms with Crippen LogP contribution in [0.1, 0.15) is 110 Å². The van der Waals surface area contributed by atoms with Crippen LogP contribution in [0.3, 0.4) is 0 Å². The Kier molecular flexibility index (Phi) is 12.7. The number of rotatable bonds is 16. The minimum absolute atomic E-state index is 0.371. The van der Waals surface area contributed by atoms with E-state index in [9.17, 15) is 9.59 Å². The average molecular weight is 537 g/mol. The van der Waals surface area contributed by atoms with Gasteiger partial charge in [-0.25, -0.2) is 0 Å². The van der Waals surface area contributed by atoms with Gasteiger partial charge in [0.15, 0.2) is 0 Å². The number of carbonyl (C=O) groups excluding carboxylic acids is 2. The van der Waals surface area contributed by atoms with Crippen molar-refractivity contribution in [1.29, 1.82) is 0 Å². The summed E-state index contributed by atoms with van der Waals surface area (Å²) in [5, 5.41) is 0. The van der Waals surface area contributed by atoms with Gasteiger partial charge in [-0.05, 0) is 72.6 Å². The Morgan fingerprint density at radius 3 is 1.10 bits per heavy atom. The van der Waals surface area contributed by atoms with E-state index in [1.807, 2.05) is 27.7 Å². The molecule has 0 aliphatic carbocycles. The van der Waals surface area contributed by atoms with Crippen molar-refractivity contribution in [2.45, 2.75) is 124 Å². The molecule has 0 N–H and O–H groups in total. The van der Waals surface area contributed by atoms with Crippen LogP contribution in [0.4, 0.5) is 0 Å². The number of hydrogen-bond donors (Lipinski definition) is 0. The molecule has 0 bridgehead atoms. The molecule has 39 heavy (non-hydrogen) atoms. The lowest BCUT2D eigenvalue weighted by atomic mass is 9.88. The molecule has 0 fully saturated rings. The Morgan fingerprint density at radius 2 is 0.846 bits per heavy atom. The molecule has 0 saturated heterocycles. The maximum atomic E-state index is 13.0. The monoisotopic (exact) mass is 536 g/mol. The summed E-state index contributed by atoms with van der Waals surface area (Å²) >= 11 is 0. The molecule has 2 aromatic rings. The third kappa shape index (κ3) is 10.5. The summed E-state index contributed by atoms with van der Waals surface area (Å²) in [5.41, 5.74) is 3.62. The molecule has 4 heteroatoms. The van der Waals surface area contributed by atoms with Gasteiger partial charge in [0.2, 0.25) is 0 Å². The quantitative estimate of drug-likeness (QED) is 0.159. The fourth-order valence-electron chi connectivity index (χ4n) is 5.31. The standard InChI is InChI=1S/C35H52O4/c1-9-34(10-2,24-30-17-13-28(14-18-30)21-26(5)6)38-32(36)23-33(37)39-35(11-3,12-4)25-31-19-15-29(16-20-31)22-27(7)8/h13-20,26-27H,9-12,21-25H2,1-8H3. The van der Waals surface area contributed by atoms with Crippen LogP contribution in [-0.4, -0.2) is 23.1 Å². The second-order valence-electron chi connectivity index (χ2n) is 12.1. The number of benzene rings is 2. The number of esters is 2. The number of hydrogen-bond acceptors (Lipinski definition) is 4. The van der Waals surface area contributed by atoms with Crippen molar-refractivity contribution < 1.29 is 19.1 Å². The molecule has 0 radical (unpaired) electrons. The topological polar surface area (TPSA) is 52.6 Å². The summed E-state index contributed by atoms with van der Waals surface area (Å²) in [4.78, 5) is 26.0. The Bertz CT molecular complexity index is 926. The van der Waals surface area contributed by atoms with Crippen molar-refractivity contribution in [2.24, 2.45) is 11.8 Å². The van der Waals surface area contributed by atoms with Crippen LogP contribution in [0.15, 0.2) is 48.5 Å². The first kappa shape index (κ1) is 32.6. The molecule has 0 spiro atoms. The molecule has 0 amide bonds. The van der Waals surface area contributed by atoms with Gasteiger partial charge in [-0.2, -0.15) is 0 Å². The van der Waals surface area contributed by atoms with Crippen LogP contribution in [0.5, 0.6) is 0 Å². The summed E-state index contributed by atoms with van der Waals surface area (Å²) in [7, 11) is 0. The van der Waals surface area contributed by atoms with Gasteiger partial charge in [-0.1, -0.05) is 104 Å². The molecule has 0 aliphatic heterocycles. The zero-order valence-corrected chi connectivity index (χ0v) is 25.8. The largest absolute Gasteiger partial charge is 0.458 e. The van der Waals surface area contributed by atoms with Crippen molar-refractivity contribution >= 4 is 11.9 Å². The van der Waals surface area contributed by atoms with Crippen LogP contribution < -0.4 is 0 Å². The molecule has 2 rings (SSSR count). The Morgan fingerprint density at radius 1 is 0.564 bits per heavy atom. The predicted molar refractivity (Wildman–Crippen MR) is 161 cm³/mol. The van der Waals surface area contributed by atoms with Crippen molar-refractivity contribution in [2.75, 3.05) is 0 Å². The molecular formula is C35H52O4. The van der Waals surface area contributed by atoms with E-state index in [1.54, 1.807) is 0 Å². The van der Waals surface area contributed by atoms with E-state index < -0.39 is 23.1 Å². The van der Waals surface area contributed by atoms with E-state index in [1.165, 1.54) is 11.1 Å². The first-order valence-electron chi connectivity index (χ1n) is 15.1. The van der Waals surface area contributed by atoms with Crippen LogP contribution in [0, 0.1) is 11.8 Å². The molecular weight excluding hydrogens is 484 g/mol. The minimum Gasteiger partial charge on any atom is -0.458 e. The van der Waals surface area contributed by atoms with Crippen molar-refractivity contribution in [1.82, 2.24) is 0 Å². The average Bonchev–Trinajstić information content (AvgIpc) is 2.89. The Hall–Kier alpha value is -2.62. The van der Waals surface area contributed by atoms with Crippen molar-refractivity contribution in [3.8, 4) is 0 Å². The summed E-state index contributed by atoms with van der Waals surface area (Å²) in [6.07, 6.45) is 5.70. The zero-order chi connectivity index (χ0) is 29.1. The smallest absolute Gasteiger partial charge is 0.317 e. The Labute approximate surface area is 237 Å². The molecule has 216 valence electrons. The highest BCUT2D eigenvalue weighted by atomic mass is 16.6. The van der Waals surface area contributed by atoms with E-state index >= 15 is 0 Å². The van der Waals surface area contributed by atoms with Crippen LogP contribution in [0.25, 0.3) is 0 Å². The van der Waals surface area contributed by atoms with Crippen LogP contribution >= 0.6 is 0 Å². The lowest BCUT2D eigenvalue weighted by Crippen LogP contribution is -2.39. The molecule has 0 unspecified atom stereocenters. The predicted octanol–water partition coefficient (Wildman–Crippen LogP) is 8.46. The van der Waals surface area contributed by atoms with Gasteiger partial charge >= 0.3 is 11.9 Å². The maximum Gasteiger partial charge on any atom is 0.317 e. The normalized spacial score (nSPS) is 12.2. The van der Waals surface area contributed by atoms with Crippen LogP contribution in [0.2, 0.25) is 0 Å². The van der Waals surface area contributed by atoms with Gasteiger partial charge in [-0.15, -0.1) is 0 Å². The molecule has 0 saturated carbocycles. The first-order chi connectivity index (χ1) is 18.5. The molecule has 2 aromatic carbocycles. The van der Waals surface area contributed by atoms with Gasteiger partial charge in [0.25, 0.3) is 0 Å². The lowest BCUT2D eigenvalue weighted by molar-refractivity contribution is -0.172. The summed E-state index contributed by atoms with van der Waals surface area (Å²) in [6.45, 7) is 17.0. The van der Waals surface area contributed by atoms with E-state index in [4.69, 9.17) is 9.47 Å². The van der Waals surface area contributed by atoms with E-state index in [-0.39, 0.29) is 6.42 Å². The van der Waals surface area contributed by atoms with E-state index in [2.05, 4.69) is 76.2 Å². The third-order valence-electron chi connectivity index (χ3n) is 7.91. The van der Waals surface area contributed by atoms with Gasteiger partial charge < -0.3 is 9.47 Å². The summed E-state index contributed by atoms with van der Waals surface area (Å²) < 4.78 is 12.0. The second-order valence-corrected chi connectivity index (χ2v) is 12.1. The molecule has 4 nitrogen and oxygen atoms in total. The van der Waals surface area contributed by atoms with Gasteiger partial charge in [0, 0.05) is 12.8 Å². The third-order valence-corrected chi connectivity index (χ3v) is 7.91. The maximum absolute atomic E-state index is 13.0. The summed E-state index contributed by atoms with van der Waals surface area (Å²) in [6, 6.07) is 17.2. The first-order valence-corrected chi connectivity index (χ1v) is 15.1. The highest BCUT2D eigenvalue weighted by Crippen LogP contribution is 2.29. The fourth-order valence-corrected chi connectivity index (χ4v) is 5.31. The molecule has 0 aliphatic rings. The number of ether oxygens (including phenoxy) is 2. The molecule has 0 aromatic heterocycles. The highest BCUT2D eigenvalue weighted by Gasteiger charge is 2.35. The second kappa shape index (κ2) is 15.2. The highest BCUT2D eigenvalue weighted by molar-refractivity contribution is 5.91. The van der Waals surface area contributed by atoms with E-state index in [0.29, 0.717) is 50.4 Å². The van der Waals surface area contributed by atoms with Gasteiger partial charge in [0.05, 0.1) is 0 Å². The van der Waals surface area contributed by atoms with Crippen molar-refractivity contribution in [3.05, 3.63) is 70.8 Å². The van der Waals surface area contributed by atoms with Crippen LogP contribution in [-0.2, 0) is 44.7 Å². The lowest BCUT2D eigenvalue weighted by Gasteiger charge is -2.33. The van der Waals surface area contributed by atoms with Crippen molar-refractivity contribution in [3.63, 3.8) is 0 Å². The fraction of sp³-hybridized carbons (Fsp3) is 0.600. The van der Waals surface area contributed by atoms with Gasteiger partial charge in [-0.3, -0.25) is 9.59 Å². The zero-order valence-electron chi connectivity index (χ0n) is 25.8. The number of carbonyl (C=O) groups is 2. The Balaban J connectivity index is 2.03. The molecule has 0 atom stereocenters. The summed E-state index contributed by atoms with van der Waals surface area (Å²) in [5.74, 6) is 0.186. The van der Waals surface area contributed by atoms with Gasteiger partial charge in [0.1, 0.15) is 17.6 Å².